The maximum Gasteiger partial charge on any atom is 0.271 e. The number of fused-ring (bicyclic) bond motifs is 2. The number of amides is 1. The normalized spacial score (nSPS) is 18.3. The van der Waals surface area contributed by atoms with E-state index >= 15 is 4.79 Å². The van der Waals surface area contributed by atoms with Gasteiger partial charge in [-0.1, -0.05) is 42.5 Å². The van der Waals surface area contributed by atoms with Gasteiger partial charge in [0, 0.05) is 66.2 Å². The van der Waals surface area contributed by atoms with E-state index in [-0.39, 0.29) is 26.9 Å². The van der Waals surface area contributed by atoms with Crippen LogP contribution < -0.4 is 13.9 Å². The molecule has 0 bridgehead atoms. The monoisotopic (exact) mass is 647 g/mol. The van der Waals surface area contributed by atoms with Crippen molar-refractivity contribution in [3.05, 3.63) is 126 Å². The van der Waals surface area contributed by atoms with Crippen molar-refractivity contribution in [1.29, 1.82) is 5.26 Å². The van der Waals surface area contributed by atoms with Crippen LogP contribution in [0, 0.1) is 17.1 Å². The molecule has 1 fully saturated rings. The quantitative estimate of drug-likeness (QED) is 0.230. The number of carbonyl (C=O) groups is 1. The van der Waals surface area contributed by atoms with Crippen molar-refractivity contribution >= 4 is 38.1 Å². The molecule has 0 radical (unpaired) electrons. The van der Waals surface area contributed by atoms with Crippen molar-refractivity contribution in [2.45, 2.75) is 17.4 Å². The molecule has 1 amide bonds. The number of benzene rings is 4. The van der Waals surface area contributed by atoms with Gasteiger partial charge in [-0.3, -0.25) is 14.7 Å². The molecule has 0 saturated carbocycles. The molecule has 236 valence electrons. The molecule has 1 aromatic heterocycles. The predicted molar refractivity (Wildman–Crippen MR) is 176 cm³/mol. The number of nitriles is 1. The smallest absolute Gasteiger partial charge is 0.271 e. The van der Waals surface area contributed by atoms with Crippen LogP contribution in [0.25, 0.3) is 10.8 Å². The van der Waals surface area contributed by atoms with Gasteiger partial charge >= 0.3 is 0 Å². The van der Waals surface area contributed by atoms with E-state index in [2.05, 4.69) is 16.0 Å². The first kappa shape index (κ1) is 30.3. The van der Waals surface area contributed by atoms with Crippen LogP contribution in [0.15, 0.2) is 108 Å². The van der Waals surface area contributed by atoms with Crippen LogP contribution in [0.5, 0.6) is 5.75 Å². The largest absolute Gasteiger partial charge is 0.493 e. The lowest BCUT2D eigenvalue weighted by molar-refractivity contribution is -0.127. The van der Waals surface area contributed by atoms with Gasteiger partial charge in [0.2, 0.25) is 0 Å². The van der Waals surface area contributed by atoms with Crippen molar-refractivity contribution in [3.8, 4) is 11.8 Å². The van der Waals surface area contributed by atoms with Gasteiger partial charge < -0.3 is 9.64 Å². The first-order chi connectivity index (χ1) is 22.8. The van der Waals surface area contributed by atoms with Crippen LogP contribution in [0.4, 0.5) is 15.8 Å². The van der Waals surface area contributed by atoms with E-state index in [0.29, 0.717) is 49.7 Å². The molecule has 3 heterocycles. The van der Waals surface area contributed by atoms with Gasteiger partial charge in [0.15, 0.2) is 5.54 Å². The van der Waals surface area contributed by atoms with E-state index in [0.717, 1.165) is 16.1 Å². The van der Waals surface area contributed by atoms with Crippen LogP contribution >= 0.6 is 0 Å². The molecular weight excluding hydrogens is 617 g/mol. The van der Waals surface area contributed by atoms with E-state index in [4.69, 9.17) is 4.74 Å². The van der Waals surface area contributed by atoms with Gasteiger partial charge in [0.1, 0.15) is 11.6 Å². The van der Waals surface area contributed by atoms with Crippen molar-refractivity contribution in [1.82, 2.24) is 9.88 Å². The molecule has 5 aromatic rings. The van der Waals surface area contributed by atoms with Crippen molar-refractivity contribution in [2.24, 2.45) is 0 Å². The maximum absolute atomic E-state index is 15.4. The fraction of sp³-hybridized carbons (Fsp3) is 0.194. The molecule has 1 atom stereocenters. The zero-order valence-corrected chi connectivity index (χ0v) is 26.3. The summed E-state index contributed by atoms with van der Waals surface area (Å²) < 4.78 is 51.4. The zero-order chi connectivity index (χ0) is 32.8. The van der Waals surface area contributed by atoms with E-state index in [1.807, 2.05) is 24.0 Å². The highest BCUT2D eigenvalue weighted by molar-refractivity contribution is 7.93. The van der Waals surface area contributed by atoms with E-state index < -0.39 is 27.3 Å². The second kappa shape index (κ2) is 11.8. The van der Waals surface area contributed by atoms with Gasteiger partial charge in [0.05, 0.1) is 28.8 Å². The summed E-state index contributed by atoms with van der Waals surface area (Å²) in [4.78, 5) is 23.5. The summed E-state index contributed by atoms with van der Waals surface area (Å²) >= 11 is 0. The Morgan fingerprint density at radius 3 is 2.32 bits per heavy atom. The second-order valence-corrected chi connectivity index (χ2v) is 13.1. The lowest BCUT2D eigenvalue weighted by atomic mass is 9.80. The van der Waals surface area contributed by atoms with Gasteiger partial charge in [-0.2, -0.15) is 5.26 Å². The predicted octanol–water partition coefficient (Wildman–Crippen LogP) is 5.45. The number of hydrogen-bond donors (Lipinski definition) is 0. The highest BCUT2D eigenvalue weighted by Crippen LogP contribution is 2.53. The molecule has 4 aromatic carbocycles. The first-order valence-electron chi connectivity index (χ1n) is 15.3. The molecule has 11 heteroatoms. The first-order valence-corrected chi connectivity index (χ1v) is 16.7. The molecule has 0 N–H and O–H groups in total. The van der Waals surface area contributed by atoms with Gasteiger partial charge in [-0.15, -0.1) is 0 Å². The lowest BCUT2D eigenvalue weighted by Gasteiger charge is -2.46. The number of carbonyl (C=O) groups excluding carboxylic acids is 1. The molecule has 9 nitrogen and oxygen atoms in total. The SMILES string of the molecule is CCOc1ccccc1C1(N2CCN(c3ccncc3)CC2)C(=O)N(S(=O)(=O)c2ccc(F)c3ccccc23)c2ccc(C#N)cc21. The summed E-state index contributed by atoms with van der Waals surface area (Å²) in [7, 11) is -4.61. The second-order valence-electron chi connectivity index (χ2n) is 11.3. The molecule has 2 aliphatic rings. The summed E-state index contributed by atoms with van der Waals surface area (Å²) in [6.45, 7) is 4.00. The number of sulfonamides is 1. The Kier molecular flexibility index (Phi) is 7.62. The highest BCUT2D eigenvalue weighted by Gasteiger charge is 2.60. The van der Waals surface area contributed by atoms with Crippen molar-refractivity contribution in [2.75, 3.05) is 42.0 Å². The summed E-state index contributed by atoms with van der Waals surface area (Å²) in [6, 6.07) is 26.4. The average Bonchev–Trinajstić information content (AvgIpc) is 3.37. The molecule has 7 rings (SSSR count). The number of nitrogens with zero attached hydrogens (tertiary/aromatic N) is 5. The maximum atomic E-state index is 15.4. The van der Waals surface area contributed by atoms with E-state index in [1.54, 1.807) is 54.9 Å². The molecule has 0 spiro atoms. The average molecular weight is 648 g/mol. The summed E-state index contributed by atoms with van der Waals surface area (Å²) in [6.07, 6.45) is 3.45. The number of ether oxygens (including phenoxy) is 1. The molecular formula is C36H30FN5O4S. The number of piperazine rings is 1. The van der Waals surface area contributed by atoms with Crippen molar-refractivity contribution in [3.63, 3.8) is 0 Å². The number of para-hydroxylation sites is 1. The zero-order valence-electron chi connectivity index (χ0n) is 25.5. The number of rotatable bonds is 7. The number of halogens is 1. The van der Waals surface area contributed by atoms with Crippen LogP contribution in [0.2, 0.25) is 0 Å². The van der Waals surface area contributed by atoms with Crippen LogP contribution in [0.3, 0.4) is 0 Å². The Morgan fingerprint density at radius 2 is 1.60 bits per heavy atom. The van der Waals surface area contributed by atoms with Gasteiger partial charge in [0.25, 0.3) is 15.9 Å². The fourth-order valence-corrected chi connectivity index (χ4v) is 8.54. The number of anilines is 2. The minimum absolute atomic E-state index is 0.125. The molecule has 47 heavy (non-hydrogen) atoms. The van der Waals surface area contributed by atoms with E-state index in [1.165, 1.54) is 30.3 Å². The fourth-order valence-electron chi connectivity index (χ4n) is 6.88. The highest BCUT2D eigenvalue weighted by atomic mass is 32.2. The summed E-state index contributed by atoms with van der Waals surface area (Å²) in [5.74, 6) is -0.862. The topological polar surface area (TPSA) is 107 Å². The molecule has 0 aliphatic carbocycles. The third kappa shape index (κ3) is 4.71. The third-order valence-electron chi connectivity index (χ3n) is 8.94. The van der Waals surface area contributed by atoms with E-state index in [9.17, 15) is 18.1 Å². The standard InChI is InChI=1S/C36H30FN5O4S/c1-2-46-33-10-6-5-9-29(33)36(41-21-19-40(20-22-41)26-15-17-39-18-16-26)30-23-25(24-38)11-13-32(30)42(35(36)43)47(44,45)34-14-12-31(37)27-7-3-4-8-28(27)34/h3-18,23H,2,19-22H2,1H3. The molecule has 2 aliphatic heterocycles. The summed E-state index contributed by atoms with van der Waals surface area (Å²) in [5.41, 5.74) is 0.562. The third-order valence-corrected chi connectivity index (χ3v) is 10.7. The van der Waals surface area contributed by atoms with Crippen LogP contribution in [-0.2, 0) is 20.4 Å². The number of aromatic nitrogens is 1. The number of pyridine rings is 1. The van der Waals surface area contributed by atoms with Crippen LogP contribution in [0.1, 0.15) is 23.6 Å². The Balaban J connectivity index is 1.46. The van der Waals surface area contributed by atoms with Crippen LogP contribution in [-0.4, -0.2) is 57.0 Å². The number of hydrogen-bond acceptors (Lipinski definition) is 8. The Morgan fingerprint density at radius 1 is 0.894 bits per heavy atom. The van der Waals surface area contributed by atoms with Crippen molar-refractivity contribution < 1.29 is 22.3 Å². The minimum atomic E-state index is -4.61. The van der Waals surface area contributed by atoms with Gasteiger partial charge in [-0.25, -0.2) is 17.1 Å². The Hall–Kier alpha value is -5.31. The minimum Gasteiger partial charge on any atom is -0.493 e. The molecule has 1 unspecified atom stereocenters. The molecule has 1 saturated heterocycles. The lowest BCUT2D eigenvalue weighted by Crippen LogP contribution is -2.60. The Labute approximate surface area is 272 Å². The Bertz CT molecular complexity index is 2160. The van der Waals surface area contributed by atoms with Gasteiger partial charge in [-0.05, 0) is 55.5 Å². The summed E-state index contributed by atoms with van der Waals surface area (Å²) in [5, 5.41) is 10.3.